The number of sulfonamides is 6. The molecule has 0 aromatic rings. The van der Waals surface area contributed by atoms with Gasteiger partial charge < -0.3 is 0 Å². The number of rotatable bonds is 16. The second-order valence-electron chi connectivity index (χ2n) is 8.85. The Morgan fingerprint density at radius 3 is 0.585 bits per heavy atom. The maximum absolute atomic E-state index is 13.2. The minimum Gasteiger partial charge on any atom is -0.203 e. The van der Waals surface area contributed by atoms with Crippen LogP contribution in [0.2, 0.25) is 0 Å². The van der Waals surface area contributed by atoms with E-state index < -0.39 is 155 Å². The van der Waals surface area contributed by atoms with E-state index in [0.717, 1.165) is 0 Å². The lowest BCUT2D eigenvalue weighted by molar-refractivity contribution is -0.0545. The van der Waals surface area contributed by atoms with E-state index in [0.29, 0.717) is 0 Å². The van der Waals surface area contributed by atoms with Crippen molar-refractivity contribution in [2.24, 2.45) is 0 Å². The molecule has 0 rings (SSSR count). The fraction of sp³-hybridized carbons (Fsp3) is 1.00. The average molecular weight is 953 g/mol. The minimum atomic E-state index is -7.84. The second kappa shape index (κ2) is 15.3. The van der Waals surface area contributed by atoms with Crippen LogP contribution in [0.25, 0.3) is 0 Å². The quantitative estimate of drug-likeness (QED) is 0.202. The van der Waals surface area contributed by atoms with E-state index in [2.05, 4.69) is 0 Å². The van der Waals surface area contributed by atoms with Gasteiger partial charge in [0.2, 0.25) is 0 Å². The molecule has 0 N–H and O–H groups in total. The van der Waals surface area contributed by atoms with Gasteiger partial charge >= 0.3 is 93.2 Å². The molecule has 320 valence electrons. The van der Waals surface area contributed by atoms with Crippen molar-refractivity contribution in [3.63, 3.8) is 0 Å². The van der Waals surface area contributed by atoms with E-state index in [1.165, 1.54) is 0 Å². The van der Waals surface area contributed by atoms with Gasteiger partial charge in [0.25, 0.3) is 0 Å². The molecule has 0 aliphatic rings. The second-order valence-corrected chi connectivity index (χ2v) is 20.6. The largest absolute Gasteiger partial charge is 0.512 e. The van der Waals surface area contributed by atoms with Crippen LogP contribution in [-0.2, 0) is 60.1 Å². The third-order valence-electron chi connectivity index (χ3n) is 5.39. The summed E-state index contributed by atoms with van der Waals surface area (Å²) in [6, 6.07) is 0. The molecule has 0 aromatic heterocycles. The van der Waals surface area contributed by atoms with E-state index in [1.54, 1.807) is 0 Å². The molecule has 0 aliphatic carbocycles. The highest BCUT2D eigenvalue weighted by Crippen LogP contribution is 2.37. The van der Waals surface area contributed by atoms with Gasteiger partial charge in [-0.2, -0.15) is 87.6 Å². The van der Waals surface area contributed by atoms with Crippen molar-refractivity contribution in [3.8, 4) is 0 Å². The molecule has 0 atom stereocenters. The Balaban J connectivity index is 7.13. The van der Waals surface area contributed by atoms with E-state index in [9.17, 15) is 130 Å². The molecule has 0 saturated carbocycles. The van der Waals surface area contributed by atoms with Gasteiger partial charge in [0, 0.05) is 39.3 Å². The van der Waals surface area contributed by atoms with E-state index >= 15 is 0 Å². The predicted octanol–water partition coefficient (Wildman–Crippen LogP) is 1.68. The predicted molar refractivity (Wildman–Crippen MR) is 131 cm³/mol. The smallest absolute Gasteiger partial charge is 0.203 e. The lowest BCUT2D eigenvalue weighted by Gasteiger charge is -2.29. The van der Waals surface area contributed by atoms with Crippen molar-refractivity contribution in [3.05, 3.63) is 0 Å². The molecule has 0 bridgehead atoms. The van der Waals surface area contributed by atoms with Crippen LogP contribution in [0.15, 0.2) is 0 Å². The van der Waals surface area contributed by atoms with E-state index in [-0.39, 0.29) is 0 Å². The summed E-state index contributed by atoms with van der Waals surface area (Å²) in [5, 5.41) is 0. The summed E-state index contributed by atoms with van der Waals surface area (Å²) < 4.78 is 366. The summed E-state index contributed by atoms with van der Waals surface area (Å²) in [4.78, 5) is 0. The van der Waals surface area contributed by atoms with Gasteiger partial charge in [0.1, 0.15) is 0 Å². The SMILES string of the molecule is O=S(=O)(N(CCCN(CCN(S(=O)(=O)C(F)(F)F)S(=O)(=O)C(F)(F)F)S(=O)(=O)C(F)(F)F)CCN(S(=O)(=O)C(F)(F)F)S(=O)(=O)C(F)(F)F)C(F)(F)F. The first kappa shape index (κ1) is 51.3. The number of hydrogen-bond acceptors (Lipinski definition) is 12. The lowest BCUT2D eigenvalue weighted by Crippen LogP contribution is -2.53. The molecule has 0 fully saturated rings. The van der Waals surface area contributed by atoms with Crippen LogP contribution in [0.1, 0.15) is 6.42 Å². The van der Waals surface area contributed by atoms with E-state index in [4.69, 9.17) is 0 Å². The van der Waals surface area contributed by atoms with Crippen LogP contribution in [0.3, 0.4) is 0 Å². The Kier molecular flexibility index (Phi) is 14.8. The zero-order chi connectivity index (χ0) is 43.3. The van der Waals surface area contributed by atoms with Crippen LogP contribution in [0.4, 0.5) is 79.0 Å². The van der Waals surface area contributed by atoms with Crippen molar-refractivity contribution in [2.45, 2.75) is 39.5 Å². The van der Waals surface area contributed by atoms with Crippen LogP contribution < -0.4 is 0 Å². The van der Waals surface area contributed by atoms with Crippen LogP contribution in [-0.4, -0.2) is 139 Å². The monoisotopic (exact) mass is 952 g/mol. The van der Waals surface area contributed by atoms with Gasteiger partial charge in [-0.05, 0) is 6.42 Å². The first-order valence-electron chi connectivity index (χ1n) is 11.6. The molecular formula is C13H14F18N4O12S6. The Morgan fingerprint density at radius 1 is 0.264 bits per heavy atom. The maximum atomic E-state index is 13.2. The number of hydrogen-bond donors (Lipinski definition) is 0. The molecule has 0 heterocycles. The van der Waals surface area contributed by atoms with Crippen LogP contribution >= 0.6 is 0 Å². The number of alkyl halides is 18. The summed E-state index contributed by atoms with van der Waals surface area (Å²) in [7, 11) is -46.0. The van der Waals surface area contributed by atoms with Gasteiger partial charge in [0.15, 0.2) is 0 Å². The molecule has 0 amide bonds. The van der Waals surface area contributed by atoms with E-state index in [1.807, 2.05) is 0 Å². The summed E-state index contributed by atoms with van der Waals surface area (Å²) in [5.41, 5.74) is -41.7. The van der Waals surface area contributed by atoms with Crippen molar-refractivity contribution in [1.82, 2.24) is 16.0 Å². The molecule has 16 nitrogen and oxygen atoms in total. The molecule has 0 saturated heterocycles. The summed E-state index contributed by atoms with van der Waals surface area (Å²) in [6.45, 7) is -16.6. The van der Waals surface area contributed by atoms with Gasteiger partial charge in [0.05, 0.1) is 0 Å². The first-order chi connectivity index (χ1) is 22.7. The fourth-order valence-corrected chi connectivity index (χ4v) is 10.3. The third kappa shape index (κ3) is 10.8. The van der Waals surface area contributed by atoms with Gasteiger partial charge in [-0.1, -0.05) is 7.42 Å². The molecule has 0 aromatic carbocycles. The van der Waals surface area contributed by atoms with Crippen LogP contribution in [0, 0.1) is 0 Å². The van der Waals surface area contributed by atoms with Crippen molar-refractivity contribution < 1.29 is 130 Å². The first-order valence-corrected chi connectivity index (χ1v) is 20.3. The molecule has 0 radical (unpaired) electrons. The van der Waals surface area contributed by atoms with Crippen molar-refractivity contribution in [1.29, 1.82) is 0 Å². The molecule has 0 spiro atoms. The standard InChI is InChI=1S/C13H14F18N4O12S6/c14-8(15,16)48(36,37)32(4-6-34(50(40,41)10(20,21)22)51(42,43)11(23,24)25)2-1-3-33(49(38,39)9(17,18)19)5-7-35(52(44,45)12(26,27)28)53(46,47)13(29,30)31/h1-7H2. The molecule has 40 heteroatoms. The highest BCUT2D eigenvalue weighted by Gasteiger charge is 2.63. The molecule has 53 heavy (non-hydrogen) atoms. The normalized spacial score (nSPS) is 16.0. The maximum Gasteiger partial charge on any atom is 0.512 e. The number of halogens is 18. The Morgan fingerprint density at radius 2 is 0.434 bits per heavy atom. The van der Waals surface area contributed by atoms with Crippen molar-refractivity contribution in [2.75, 3.05) is 39.3 Å². The Hall–Kier alpha value is -1.72. The zero-order valence-corrected chi connectivity index (χ0v) is 28.8. The highest BCUT2D eigenvalue weighted by molar-refractivity contribution is 8.05. The van der Waals surface area contributed by atoms with Gasteiger partial charge in [-0.3, -0.25) is 0 Å². The topological polar surface area (TPSA) is 218 Å². The van der Waals surface area contributed by atoms with Crippen LogP contribution in [0.5, 0.6) is 0 Å². The molecule has 0 unspecified atom stereocenters. The Bertz CT molecular complexity index is 1750. The Labute approximate surface area is 284 Å². The zero-order valence-electron chi connectivity index (χ0n) is 23.9. The summed E-state index contributed by atoms with van der Waals surface area (Å²) in [6.07, 6.45) is -2.10. The third-order valence-corrected chi connectivity index (χ3v) is 16.2. The van der Waals surface area contributed by atoms with Gasteiger partial charge in [-0.25, -0.2) is 50.5 Å². The average Bonchev–Trinajstić information content (AvgIpc) is 2.86. The fourth-order valence-electron chi connectivity index (χ4n) is 3.01. The molecular weight excluding hydrogens is 939 g/mol. The summed E-state index contributed by atoms with van der Waals surface area (Å²) in [5.74, 6) is 0. The molecule has 0 aliphatic heterocycles. The lowest BCUT2D eigenvalue weighted by atomic mass is 10.4. The summed E-state index contributed by atoms with van der Waals surface area (Å²) >= 11 is 0. The van der Waals surface area contributed by atoms with Crippen molar-refractivity contribution >= 4 is 60.1 Å². The number of nitrogens with zero attached hydrogens (tertiary/aromatic N) is 4. The minimum absolute atomic E-state index is 1.52. The van der Waals surface area contributed by atoms with Gasteiger partial charge in [-0.15, -0.1) is 0 Å². The highest BCUT2D eigenvalue weighted by atomic mass is 32.3.